The van der Waals surface area contributed by atoms with Crippen LogP contribution in [0, 0.1) is 0 Å². The average Bonchev–Trinajstić information content (AvgIpc) is 3.00. The summed E-state index contributed by atoms with van der Waals surface area (Å²) in [6.45, 7) is 10.0. The van der Waals surface area contributed by atoms with Gasteiger partial charge in [0.15, 0.2) is 0 Å². The topological polar surface area (TPSA) is 97.7 Å². The minimum Gasteiger partial charge on any atom is -0.465 e. The second-order valence-electron chi connectivity index (χ2n) is 8.39. The van der Waals surface area contributed by atoms with Gasteiger partial charge in [-0.25, -0.2) is 19.4 Å². The maximum atomic E-state index is 13.1. The summed E-state index contributed by atoms with van der Waals surface area (Å²) in [7, 11) is 1.17. The monoisotopic (exact) mass is 405 g/mol. The van der Waals surface area contributed by atoms with Gasteiger partial charge in [0.1, 0.15) is 17.5 Å². The van der Waals surface area contributed by atoms with Crippen molar-refractivity contribution in [3.8, 4) is 0 Å². The summed E-state index contributed by atoms with van der Waals surface area (Å²) >= 11 is 0. The number of carbonyl (C=O) groups is 3. The predicted octanol–water partition coefficient (Wildman–Crippen LogP) is 3.44. The van der Waals surface area contributed by atoms with Gasteiger partial charge in [-0.2, -0.15) is 10.0 Å². The molecule has 0 aromatic heterocycles. The maximum Gasteiger partial charge on any atom is 0.435 e. The second-order valence-corrected chi connectivity index (χ2v) is 8.39. The summed E-state index contributed by atoms with van der Waals surface area (Å²) in [5.74, 6) is -0.864. The van der Waals surface area contributed by atoms with Crippen LogP contribution in [0.25, 0.3) is 0 Å². The number of hydrogen-bond acceptors (Lipinski definition) is 7. The van der Waals surface area contributed by atoms with Crippen LogP contribution < -0.4 is 0 Å². The number of ether oxygens (including phenoxy) is 3. The number of benzene rings is 1. The Bertz CT molecular complexity index is 810. The van der Waals surface area contributed by atoms with Gasteiger partial charge in [-0.1, -0.05) is 30.3 Å². The van der Waals surface area contributed by atoms with E-state index in [0.29, 0.717) is 5.56 Å². The molecule has 0 spiro atoms. The van der Waals surface area contributed by atoms with Crippen LogP contribution in [0.3, 0.4) is 0 Å². The highest BCUT2D eigenvalue weighted by Crippen LogP contribution is 2.38. The van der Waals surface area contributed by atoms with Crippen LogP contribution in [0.2, 0.25) is 0 Å². The Morgan fingerprint density at radius 2 is 1.41 bits per heavy atom. The van der Waals surface area contributed by atoms with Crippen molar-refractivity contribution in [1.82, 2.24) is 10.0 Å². The molecular formula is C20H27N3O6. The van der Waals surface area contributed by atoms with Crippen molar-refractivity contribution < 1.29 is 28.6 Å². The van der Waals surface area contributed by atoms with Crippen LogP contribution in [0.15, 0.2) is 35.3 Å². The molecule has 158 valence electrons. The molecule has 0 radical (unpaired) electrons. The van der Waals surface area contributed by atoms with Crippen molar-refractivity contribution in [2.24, 2.45) is 4.99 Å². The molecule has 1 aliphatic heterocycles. The molecule has 0 bridgehead atoms. The van der Waals surface area contributed by atoms with E-state index < -0.39 is 35.0 Å². The van der Waals surface area contributed by atoms with Crippen molar-refractivity contribution in [3.05, 3.63) is 35.9 Å². The molecule has 0 saturated heterocycles. The Kier molecular flexibility index (Phi) is 5.91. The number of esters is 1. The first-order chi connectivity index (χ1) is 13.3. The minimum atomic E-state index is -1.98. The number of carbonyl (C=O) groups excluding carboxylic acids is 3. The Hall–Kier alpha value is -3.10. The van der Waals surface area contributed by atoms with Crippen molar-refractivity contribution in [3.63, 3.8) is 0 Å². The summed E-state index contributed by atoms with van der Waals surface area (Å²) in [6, 6.07) is 8.31. The molecule has 2 amide bonds. The van der Waals surface area contributed by atoms with Crippen LogP contribution in [0.1, 0.15) is 47.1 Å². The van der Waals surface area contributed by atoms with Gasteiger partial charge >= 0.3 is 18.2 Å². The highest BCUT2D eigenvalue weighted by atomic mass is 16.6. The SMILES string of the molecule is COC(=O)C1(c2ccccc2)N=CN(C(=O)OC(C)(C)C)N1C(=O)OC(C)(C)C. The summed E-state index contributed by atoms with van der Waals surface area (Å²) < 4.78 is 15.8. The Labute approximate surface area is 170 Å². The summed E-state index contributed by atoms with van der Waals surface area (Å²) in [6.07, 6.45) is -0.800. The van der Waals surface area contributed by atoms with E-state index in [1.807, 2.05) is 0 Å². The fourth-order valence-electron chi connectivity index (χ4n) is 2.63. The molecular weight excluding hydrogens is 378 g/mol. The highest BCUT2D eigenvalue weighted by molar-refractivity contribution is 5.95. The molecule has 2 rings (SSSR count). The standard InChI is InChI=1S/C20H27N3O6/c1-18(2,3)28-16(25)22-13-21-20(15(24)27-7,14-11-9-8-10-12-14)23(22)17(26)29-19(4,5)6/h8-13H,1-7H3. The molecule has 1 heterocycles. The van der Waals surface area contributed by atoms with Crippen molar-refractivity contribution >= 4 is 24.5 Å². The van der Waals surface area contributed by atoms with Crippen LogP contribution in [0.5, 0.6) is 0 Å². The summed E-state index contributed by atoms with van der Waals surface area (Å²) in [4.78, 5) is 43.0. The predicted molar refractivity (Wildman–Crippen MR) is 105 cm³/mol. The highest BCUT2D eigenvalue weighted by Gasteiger charge is 2.58. The third-order valence-corrected chi connectivity index (χ3v) is 3.67. The summed E-state index contributed by atoms with van der Waals surface area (Å²) in [5, 5.41) is 1.64. The van der Waals surface area contributed by atoms with Gasteiger partial charge in [0.25, 0.3) is 5.66 Å². The number of methoxy groups -OCH3 is 1. The number of amides is 2. The number of rotatable bonds is 2. The Balaban J connectivity index is 2.62. The van der Waals surface area contributed by atoms with E-state index >= 15 is 0 Å². The van der Waals surface area contributed by atoms with Gasteiger partial charge in [-0.3, -0.25) is 0 Å². The molecule has 0 aliphatic carbocycles. The quantitative estimate of drug-likeness (QED) is 0.552. The smallest absolute Gasteiger partial charge is 0.435 e. The van der Waals surface area contributed by atoms with Crippen LogP contribution >= 0.6 is 0 Å². The zero-order valence-electron chi connectivity index (χ0n) is 17.8. The molecule has 0 saturated carbocycles. The molecule has 1 aromatic rings. The van der Waals surface area contributed by atoms with Gasteiger partial charge in [-0.05, 0) is 41.5 Å². The molecule has 29 heavy (non-hydrogen) atoms. The number of nitrogens with zero attached hydrogens (tertiary/aromatic N) is 3. The van der Waals surface area contributed by atoms with Gasteiger partial charge in [-0.15, -0.1) is 0 Å². The van der Waals surface area contributed by atoms with Crippen molar-refractivity contribution in [2.45, 2.75) is 58.4 Å². The first-order valence-corrected chi connectivity index (χ1v) is 9.06. The lowest BCUT2D eigenvalue weighted by molar-refractivity contribution is -0.160. The Morgan fingerprint density at radius 1 is 0.897 bits per heavy atom. The van der Waals surface area contributed by atoms with E-state index in [4.69, 9.17) is 14.2 Å². The van der Waals surface area contributed by atoms with Gasteiger partial charge in [0, 0.05) is 5.56 Å². The zero-order chi connectivity index (χ0) is 22.0. The van der Waals surface area contributed by atoms with E-state index in [1.165, 1.54) is 7.11 Å². The normalized spacial score (nSPS) is 19.1. The third kappa shape index (κ3) is 4.67. The molecule has 1 atom stereocenters. The fourth-order valence-corrected chi connectivity index (χ4v) is 2.63. The Morgan fingerprint density at radius 3 is 1.90 bits per heavy atom. The van der Waals surface area contributed by atoms with Gasteiger partial charge in [0.2, 0.25) is 0 Å². The van der Waals surface area contributed by atoms with E-state index in [0.717, 1.165) is 16.4 Å². The number of hydrogen-bond donors (Lipinski definition) is 0. The number of aliphatic imine (C=N–C) groups is 1. The molecule has 0 N–H and O–H groups in total. The van der Waals surface area contributed by atoms with E-state index in [9.17, 15) is 14.4 Å². The lowest BCUT2D eigenvalue weighted by Crippen LogP contribution is -2.59. The number of hydrazine groups is 1. The van der Waals surface area contributed by atoms with E-state index in [2.05, 4.69) is 4.99 Å². The van der Waals surface area contributed by atoms with E-state index in [-0.39, 0.29) is 0 Å². The molecule has 1 unspecified atom stereocenters. The average molecular weight is 405 g/mol. The maximum absolute atomic E-state index is 13.1. The largest absolute Gasteiger partial charge is 0.465 e. The molecule has 0 fully saturated rings. The molecule has 9 heteroatoms. The van der Waals surface area contributed by atoms with Gasteiger partial charge in [0.05, 0.1) is 7.11 Å². The lowest BCUT2D eigenvalue weighted by atomic mass is 9.99. The zero-order valence-corrected chi connectivity index (χ0v) is 17.8. The van der Waals surface area contributed by atoms with Crippen molar-refractivity contribution in [1.29, 1.82) is 0 Å². The molecule has 1 aromatic carbocycles. The molecule has 9 nitrogen and oxygen atoms in total. The van der Waals surface area contributed by atoms with E-state index in [1.54, 1.807) is 71.9 Å². The third-order valence-electron chi connectivity index (χ3n) is 3.67. The van der Waals surface area contributed by atoms with Crippen molar-refractivity contribution in [2.75, 3.05) is 7.11 Å². The minimum absolute atomic E-state index is 0.319. The summed E-state index contributed by atoms with van der Waals surface area (Å²) in [5.41, 5.74) is -3.39. The molecule has 1 aliphatic rings. The first-order valence-electron chi connectivity index (χ1n) is 9.06. The lowest BCUT2D eigenvalue weighted by Gasteiger charge is -2.38. The van der Waals surface area contributed by atoms with Gasteiger partial charge < -0.3 is 14.2 Å². The first kappa shape index (κ1) is 22.2. The van der Waals surface area contributed by atoms with Crippen LogP contribution in [-0.4, -0.2) is 52.8 Å². The van der Waals surface area contributed by atoms with Crippen LogP contribution in [0.4, 0.5) is 9.59 Å². The van der Waals surface area contributed by atoms with Crippen LogP contribution in [-0.2, 0) is 24.7 Å². The second kappa shape index (κ2) is 7.73. The fraction of sp³-hybridized carbons (Fsp3) is 0.500.